The predicted octanol–water partition coefficient (Wildman–Crippen LogP) is 2.83. The van der Waals surface area contributed by atoms with Crippen LogP contribution in [-0.4, -0.2) is 35.0 Å². The summed E-state index contributed by atoms with van der Waals surface area (Å²) in [5.41, 5.74) is 0.738. The van der Waals surface area contributed by atoms with Gasteiger partial charge < -0.3 is 9.64 Å². The third-order valence-electron chi connectivity index (χ3n) is 3.79. The number of nitrogens with zero attached hydrogens (tertiary/aromatic N) is 2. The molecule has 1 aromatic heterocycles. The smallest absolute Gasteiger partial charge is 0.275 e. The zero-order valence-electron chi connectivity index (χ0n) is 12.6. The number of para-hydroxylation sites is 1. The van der Waals surface area contributed by atoms with E-state index >= 15 is 0 Å². The highest BCUT2D eigenvalue weighted by Crippen LogP contribution is 2.24. The van der Waals surface area contributed by atoms with Crippen LogP contribution in [0.1, 0.15) is 23.0 Å². The molecule has 3 rings (SSSR count). The van der Waals surface area contributed by atoms with Gasteiger partial charge in [0.05, 0.1) is 19.3 Å². The van der Waals surface area contributed by atoms with Crippen molar-refractivity contribution < 1.29 is 18.3 Å². The number of carbonyl (C=O) groups excluding carboxylic acids is 1. The molecule has 0 aliphatic carbocycles. The quantitative estimate of drug-likeness (QED) is 0.870. The fourth-order valence-corrected chi connectivity index (χ4v) is 2.49. The summed E-state index contributed by atoms with van der Waals surface area (Å²) in [7, 11) is 0. The lowest BCUT2D eigenvalue weighted by atomic mass is 10.1. The summed E-state index contributed by atoms with van der Waals surface area (Å²) in [5, 5.41) is 0. The SMILES string of the molecule is CCc1ccccc1OC1CN(C(=O)c2ncc(F)cc2F)C1. The van der Waals surface area contributed by atoms with E-state index in [1.54, 1.807) is 0 Å². The molecule has 120 valence electrons. The first-order chi connectivity index (χ1) is 11.1. The average molecular weight is 318 g/mol. The van der Waals surface area contributed by atoms with Crippen molar-refractivity contribution in [2.24, 2.45) is 0 Å². The summed E-state index contributed by atoms with van der Waals surface area (Å²) in [6, 6.07) is 8.39. The molecule has 0 radical (unpaired) electrons. The summed E-state index contributed by atoms with van der Waals surface area (Å²) in [6.07, 6.45) is 1.56. The van der Waals surface area contributed by atoms with E-state index in [1.165, 1.54) is 4.90 Å². The molecular weight excluding hydrogens is 302 g/mol. The van der Waals surface area contributed by atoms with Gasteiger partial charge in [-0.15, -0.1) is 0 Å². The highest BCUT2D eigenvalue weighted by molar-refractivity contribution is 5.93. The number of likely N-dealkylation sites (tertiary alicyclic amines) is 1. The van der Waals surface area contributed by atoms with Gasteiger partial charge in [-0.1, -0.05) is 25.1 Å². The van der Waals surface area contributed by atoms with E-state index in [0.29, 0.717) is 19.2 Å². The first kappa shape index (κ1) is 15.4. The number of benzene rings is 1. The van der Waals surface area contributed by atoms with Crippen LogP contribution >= 0.6 is 0 Å². The number of pyridine rings is 1. The Kier molecular flexibility index (Phi) is 4.23. The zero-order chi connectivity index (χ0) is 16.4. The van der Waals surface area contributed by atoms with Crippen LogP contribution in [0, 0.1) is 11.6 Å². The van der Waals surface area contributed by atoms with Crippen molar-refractivity contribution in [3.8, 4) is 5.75 Å². The normalized spacial score (nSPS) is 14.5. The largest absolute Gasteiger partial charge is 0.486 e. The molecule has 4 nitrogen and oxygen atoms in total. The van der Waals surface area contributed by atoms with Crippen LogP contribution in [0.4, 0.5) is 8.78 Å². The summed E-state index contributed by atoms with van der Waals surface area (Å²) in [6.45, 7) is 2.76. The molecule has 0 unspecified atom stereocenters. The maximum atomic E-state index is 13.6. The molecule has 0 N–H and O–H groups in total. The Labute approximate surface area is 132 Å². The minimum Gasteiger partial charge on any atom is -0.486 e. The summed E-state index contributed by atoms with van der Waals surface area (Å²) in [4.78, 5) is 17.1. The van der Waals surface area contributed by atoms with Crippen molar-refractivity contribution in [3.05, 3.63) is 59.4 Å². The minimum atomic E-state index is -0.948. The molecule has 1 aliphatic heterocycles. The number of hydrogen-bond acceptors (Lipinski definition) is 3. The summed E-state index contributed by atoms with van der Waals surface area (Å²) < 4.78 is 32.3. The fourth-order valence-electron chi connectivity index (χ4n) is 2.49. The Morgan fingerprint density at radius 3 is 2.78 bits per heavy atom. The molecule has 2 aromatic rings. The molecule has 0 bridgehead atoms. The number of rotatable bonds is 4. The van der Waals surface area contributed by atoms with Crippen LogP contribution in [0.15, 0.2) is 36.5 Å². The molecule has 1 aliphatic rings. The van der Waals surface area contributed by atoms with E-state index in [2.05, 4.69) is 4.98 Å². The minimum absolute atomic E-state index is 0.129. The molecule has 1 saturated heterocycles. The van der Waals surface area contributed by atoms with Crippen LogP contribution in [0.3, 0.4) is 0 Å². The molecule has 1 aromatic carbocycles. The molecule has 0 atom stereocenters. The summed E-state index contributed by atoms with van der Waals surface area (Å²) >= 11 is 0. The van der Waals surface area contributed by atoms with Gasteiger partial charge in [-0.3, -0.25) is 4.79 Å². The number of amides is 1. The van der Waals surface area contributed by atoms with Crippen LogP contribution in [0.2, 0.25) is 0 Å². The first-order valence-corrected chi connectivity index (χ1v) is 7.43. The molecule has 1 fully saturated rings. The Hall–Kier alpha value is -2.50. The van der Waals surface area contributed by atoms with Crippen molar-refractivity contribution in [2.75, 3.05) is 13.1 Å². The van der Waals surface area contributed by atoms with Gasteiger partial charge in [-0.25, -0.2) is 13.8 Å². The van der Waals surface area contributed by atoms with Gasteiger partial charge in [0.25, 0.3) is 5.91 Å². The van der Waals surface area contributed by atoms with Crippen LogP contribution < -0.4 is 4.74 Å². The maximum Gasteiger partial charge on any atom is 0.275 e. The molecule has 23 heavy (non-hydrogen) atoms. The molecule has 0 spiro atoms. The van der Waals surface area contributed by atoms with Gasteiger partial charge in [-0.05, 0) is 18.1 Å². The Balaban J connectivity index is 1.61. The molecule has 1 amide bonds. The Morgan fingerprint density at radius 2 is 2.09 bits per heavy atom. The van der Waals surface area contributed by atoms with E-state index in [1.807, 2.05) is 31.2 Å². The summed E-state index contributed by atoms with van der Waals surface area (Å²) in [5.74, 6) is -1.50. The highest BCUT2D eigenvalue weighted by Gasteiger charge is 2.34. The van der Waals surface area contributed by atoms with Gasteiger partial charge in [0, 0.05) is 6.07 Å². The number of halogens is 2. The van der Waals surface area contributed by atoms with Gasteiger partial charge in [0.15, 0.2) is 11.5 Å². The van der Waals surface area contributed by atoms with Crippen molar-refractivity contribution in [1.29, 1.82) is 0 Å². The van der Waals surface area contributed by atoms with E-state index in [0.717, 1.165) is 23.9 Å². The lowest BCUT2D eigenvalue weighted by Gasteiger charge is -2.39. The van der Waals surface area contributed by atoms with Crippen molar-refractivity contribution >= 4 is 5.91 Å². The van der Waals surface area contributed by atoms with Crippen LogP contribution in [0.5, 0.6) is 5.75 Å². The van der Waals surface area contributed by atoms with E-state index in [4.69, 9.17) is 4.74 Å². The van der Waals surface area contributed by atoms with E-state index in [9.17, 15) is 13.6 Å². The standard InChI is InChI=1S/C17H16F2N2O2/c1-2-11-5-3-4-6-15(11)23-13-9-21(10-13)17(22)16-14(19)7-12(18)8-20-16/h3-8,13H,2,9-10H2,1H3. The second-order valence-corrected chi connectivity index (χ2v) is 5.40. The van der Waals surface area contributed by atoms with Crippen LogP contribution in [0.25, 0.3) is 0 Å². The predicted molar refractivity (Wildman–Crippen MR) is 80.3 cm³/mol. The molecule has 0 saturated carbocycles. The maximum absolute atomic E-state index is 13.6. The van der Waals surface area contributed by atoms with Crippen molar-refractivity contribution in [1.82, 2.24) is 9.88 Å². The van der Waals surface area contributed by atoms with Crippen LogP contribution in [-0.2, 0) is 6.42 Å². The third kappa shape index (κ3) is 3.16. The van der Waals surface area contributed by atoms with Crippen molar-refractivity contribution in [3.63, 3.8) is 0 Å². The zero-order valence-corrected chi connectivity index (χ0v) is 12.6. The molecule has 2 heterocycles. The molecule has 6 heteroatoms. The van der Waals surface area contributed by atoms with E-state index < -0.39 is 17.5 Å². The Morgan fingerprint density at radius 1 is 1.35 bits per heavy atom. The second-order valence-electron chi connectivity index (χ2n) is 5.40. The average Bonchev–Trinajstić information content (AvgIpc) is 2.50. The number of aromatic nitrogens is 1. The first-order valence-electron chi connectivity index (χ1n) is 7.43. The third-order valence-corrected chi connectivity index (χ3v) is 3.79. The van der Waals surface area contributed by atoms with Gasteiger partial charge in [-0.2, -0.15) is 0 Å². The number of carbonyl (C=O) groups is 1. The number of ether oxygens (including phenoxy) is 1. The van der Waals surface area contributed by atoms with E-state index in [-0.39, 0.29) is 11.8 Å². The van der Waals surface area contributed by atoms with Crippen molar-refractivity contribution in [2.45, 2.75) is 19.4 Å². The lowest BCUT2D eigenvalue weighted by molar-refractivity contribution is 0.0166. The highest BCUT2D eigenvalue weighted by atomic mass is 19.1. The monoisotopic (exact) mass is 318 g/mol. The second kappa shape index (κ2) is 6.32. The topological polar surface area (TPSA) is 42.4 Å². The number of hydrogen-bond donors (Lipinski definition) is 0. The number of aryl methyl sites for hydroxylation is 1. The fraction of sp³-hybridized carbons (Fsp3) is 0.294. The van der Waals surface area contributed by atoms with Gasteiger partial charge in [0.2, 0.25) is 0 Å². The molecular formula is C17H16F2N2O2. The Bertz CT molecular complexity index is 730. The lowest BCUT2D eigenvalue weighted by Crippen LogP contribution is -2.56. The van der Waals surface area contributed by atoms with Gasteiger partial charge in [0.1, 0.15) is 17.7 Å². The van der Waals surface area contributed by atoms with Gasteiger partial charge >= 0.3 is 0 Å².